The predicted octanol–water partition coefficient (Wildman–Crippen LogP) is 0.179. The maximum absolute atomic E-state index is 13.6. The highest BCUT2D eigenvalue weighted by Gasteiger charge is 2.34. The summed E-state index contributed by atoms with van der Waals surface area (Å²) in [4.78, 5) is 23.7. The van der Waals surface area contributed by atoms with Crippen LogP contribution < -0.4 is 10.2 Å². The lowest BCUT2D eigenvalue weighted by Crippen LogP contribution is -2.38. The van der Waals surface area contributed by atoms with Crippen molar-refractivity contribution in [3.05, 3.63) is 29.8 Å². The van der Waals surface area contributed by atoms with Gasteiger partial charge < -0.3 is 15.3 Å². The average molecular weight is 270 g/mol. The van der Waals surface area contributed by atoms with Crippen LogP contribution in [0.3, 0.4) is 0 Å². The van der Waals surface area contributed by atoms with Gasteiger partial charge in [-0.2, -0.15) is 0 Å². The van der Waals surface area contributed by atoms with Crippen molar-refractivity contribution >= 4 is 17.5 Å². The summed E-state index contributed by atoms with van der Waals surface area (Å²) in [5.74, 6) is -2.77. The molecular formula is C12H12F2N2O3. The van der Waals surface area contributed by atoms with Gasteiger partial charge in [0.25, 0.3) is 0 Å². The van der Waals surface area contributed by atoms with E-state index < -0.39 is 41.8 Å². The Kier molecular flexibility index (Phi) is 3.75. The number of anilines is 1. The molecule has 0 spiro atoms. The van der Waals surface area contributed by atoms with Gasteiger partial charge in [-0.3, -0.25) is 9.59 Å². The van der Waals surface area contributed by atoms with Crippen molar-refractivity contribution in [3.8, 4) is 0 Å². The first-order chi connectivity index (χ1) is 9.02. The van der Waals surface area contributed by atoms with Crippen molar-refractivity contribution in [3.63, 3.8) is 0 Å². The molecule has 102 valence electrons. The second kappa shape index (κ2) is 5.31. The van der Waals surface area contributed by atoms with E-state index in [0.29, 0.717) is 0 Å². The normalized spacial score (nSPS) is 18.8. The lowest BCUT2D eigenvalue weighted by atomic mass is 10.2. The Morgan fingerprint density at radius 3 is 2.63 bits per heavy atom. The molecule has 1 aromatic carbocycles. The molecule has 5 nitrogen and oxygen atoms in total. The molecule has 1 aliphatic rings. The molecule has 0 aromatic heterocycles. The van der Waals surface area contributed by atoms with E-state index in [-0.39, 0.29) is 13.0 Å². The van der Waals surface area contributed by atoms with Crippen LogP contribution in [0.5, 0.6) is 0 Å². The van der Waals surface area contributed by atoms with Crippen molar-refractivity contribution in [2.45, 2.75) is 12.5 Å². The molecule has 19 heavy (non-hydrogen) atoms. The largest absolute Gasteiger partial charge is 0.387 e. The van der Waals surface area contributed by atoms with Crippen LogP contribution in [0.2, 0.25) is 0 Å². The number of aliphatic hydroxyl groups is 1. The highest BCUT2D eigenvalue weighted by Crippen LogP contribution is 2.27. The fourth-order valence-corrected chi connectivity index (χ4v) is 2.04. The van der Waals surface area contributed by atoms with Crippen LogP contribution in [-0.2, 0) is 9.59 Å². The summed E-state index contributed by atoms with van der Waals surface area (Å²) in [6.45, 7) is -0.721. The number of hydrogen-bond donors (Lipinski definition) is 2. The fourth-order valence-electron chi connectivity index (χ4n) is 2.04. The topological polar surface area (TPSA) is 69.6 Å². The molecule has 1 aromatic rings. The molecule has 1 atom stereocenters. The van der Waals surface area contributed by atoms with Crippen molar-refractivity contribution in [2.24, 2.45) is 0 Å². The van der Waals surface area contributed by atoms with Gasteiger partial charge in [0.05, 0.1) is 6.04 Å². The van der Waals surface area contributed by atoms with E-state index in [0.717, 1.165) is 17.0 Å². The number of carbonyl (C=O) groups is 2. The average Bonchev–Trinajstić information content (AvgIpc) is 2.70. The summed E-state index contributed by atoms with van der Waals surface area (Å²) >= 11 is 0. The zero-order chi connectivity index (χ0) is 14.0. The van der Waals surface area contributed by atoms with Crippen molar-refractivity contribution in [1.82, 2.24) is 5.32 Å². The van der Waals surface area contributed by atoms with Crippen LogP contribution in [0.4, 0.5) is 14.5 Å². The second-order valence-electron chi connectivity index (χ2n) is 4.20. The van der Waals surface area contributed by atoms with Gasteiger partial charge in [0.1, 0.15) is 23.9 Å². The van der Waals surface area contributed by atoms with E-state index in [2.05, 4.69) is 5.32 Å². The summed E-state index contributed by atoms with van der Waals surface area (Å²) in [7, 11) is 0. The Morgan fingerprint density at radius 2 is 2.05 bits per heavy atom. The molecule has 0 saturated carbocycles. The summed E-state index contributed by atoms with van der Waals surface area (Å²) in [5, 5.41) is 11.0. The number of aliphatic hydroxyl groups excluding tert-OH is 1. The van der Waals surface area contributed by atoms with Gasteiger partial charge in [-0.15, -0.1) is 0 Å². The molecule has 2 N–H and O–H groups in total. The molecule has 1 aliphatic heterocycles. The van der Waals surface area contributed by atoms with E-state index in [9.17, 15) is 18.4 Å². The fraction of sp³-hybridized carbons (Fsp3) is 0.333. The Balaban J connectivity index is 2.18. The summed E-state index contributed by atoms with van der Waals surface area (Å²) < 4.78 is 27.1. The van der Waals surface area contributed by atoms with Crippen molar-refractivity contribution in [2.75, 3.05) is 18.1 Å². The molecule has 7 heteroatoms. The van der Waals surface area contributed by atoms with Gasteiger partial charge in [0.15, 0.2) is 0 Å². The predicted molar refractivity (Wildman–Crippen MR) is 62.3 cm³/mol. The number of nitrogens with zero attached hydrogens (tertiary/aromatic N) is 1. The van der Waals surface area contributed by atoms with Crippen LogP contribution in [0.15, 0.2) is 18.2 Å². The third-order valence-electron chi connectivity index (χ3n) is 2.84. The molecule has 0 unspecified atom stereocenters. The Hall–Kier alpha value is -2.02. The highest BCUT2D eigenvalue weighted by atomic mass is 19.1. The highest BCUT2D eigenvalue weighted by molar-refractivity contribution is 5.97. The summed E-state index contributed by atoms with van der Waals surface area (Å²) in [6, 6.07) is 2.77. The van der Waals surface area contributed by atoms with Gasteiger partial charge in [-0.05, 0) is 12.1 Å². The second-order valence-corrected chi connectivity index (χ2v) is 4.20. The molecule has 0 bridgehead atoms. The Morgan fingerprint density at radius 1 is 1.42 bits per heavy atom. The third kappa shape index (κ3) is 2.70. The van der Waals surface area contributed by atoms with Gasteiger partial charge in [0.2, 0.25) is 11.8 Å². The van der Waals surface area contributed by atoms with E-state index in [4.69, 9.17) is 5.11 Å². The first-order valence-corrected chi connectivity index (χ1v) is 5.67. The van der Waals surface area contributed by atoms with Gasteiger partial charge in [-0.1, -0.05) is 6.07 Å². The van der Waals surface area contributed by atoms with Crippen LogP contribution in [0, 0.1) is 11.6 Å². The third-order valence-corrected chi connectivity index (χ3v) is 2.84. The van der Waals surface area contributed by atoms with Crippen molar-refractivity contribution in [1.29, 1.82) is 0 Å². The number of hydrogen-bond acceptors (Lipinski definition) is 3. The lowest BCUT2D eigenvalue weighted by molar-refractivity contribution is -0.124. The van der Waals surface area contributed by atoms with E-state index in [1.807, 2.05) is 0 Å². The van der Waals surface area contributed by atoms with Gasteiger partial charge in [0, 0.05) is 13.0 Å². The minimum Gasteiger partial charge on any atom is -0.387 e. The van der Waals surface area contributed by atoms with E-state index in [1.165, 1.54) is 6.07 Å². The maximum Gasteiger partial charge on any atom is 0.245 e. The number of amides is 2. The first-order valence-electron chi connectivity index (χ1n) is 5.67. The number of carbonyl (C=O) groups excluding carboxylic acids is 2. The SMILES string of the molecule is O=C(CO)N[C@@H]1CC(=O)N(c2c(F)cccc2F)C1. The van der Waals surface area contributed by atoms with Crippen LogP contribution >= 0.6 is 0 Å². The zero-order valence-electron chi connectivity index (χ0n) is 9.90. The number of rotatable bonds is 3. The molecule has 2 rings (SSSR count). The van der Waals surface area contributed by atoms with Gasteiger partial charge >= 0.3 is 0 Å². The molecular weight excluding hydrogens is 258 g/mol. The first kappa shape index (κ1) is 13.4. The molecule has 1 saturated heterocycles. The number of benzene rings is 1. The van der Waals surface area contributed by atoms with E-state index >= 15 is 0 Å². The standard InChI is InChI=1S/C12H12F2N2O3/c13-8-2-1-3-9(14)12(8)16-5-7(4-11(16)19)15-10(18)6-17/h1-3,7,17H,4-6H2,(H,15,18)/t7-/m1/s1. The molecule has 0 aliphatic carbocycles. The molecule has 2 amide bonds. The minimum atomic E-state index is -0.831. The Bertz CT molecular complexity index is 501. The van der Waals surface area contributed by atoms with Gasteiger partial charge in [-0.25, -0.2) is 8.78 Å². The van der Waals surface area contributed by atoms with Crippen LogP contribution in [-0.4, -0.2) is 36.1 Å². The Labute approximate surface area is 107 Å². The summed E-state index contributed by atoms with van der Waals surface area (Å²) in [6.07, 6.45) is -0.0560. The molecule has 0 radical (unpaired) electrons. The lowest BCUT2D eigenvalue weighted by Gasteiger charge is -2.18. The van der Waals surface area contributed by atoms with Crippen LogP contribution in [0.25, 0.3) is 0 Å². The number of nitrogens with one attached hydrogen (secondary N) is 1. The molecule has 1 fully saturated rings. The summed E-state index contributed by atoms with van der Waals surface area (Å²) in [5.41, 5.74) is -0.409. The monoisotopic (exact) mass is 270 g/mol. The number of halogens is 2. The quantitative estimate of drug-likeness (QED) is 0.823. The molecule has 1 heterocycles. The van der Waals surface area contributed by atoms with Crippen LogP contribution in [0.1, 0.15) is 6.42 Å². The smallest absolute Gasteiger partial charge is 0.245 e. The van der Waals surface area contributed by atoms with E-state index in [1.54, 1.807) is 0 Å². The zero-order valence-corrected chi connectivity index (χ0v) is 9.90. The minimum absolute atomic E-state index is 0.0254. The number of para-hydroxylation sites is 1. The maximum atomic E-state index is 13.6. The van der Waals surface area contributed by atoms with Crippen molar-refractivity contribution < 1.29 is 23.5 Å².